The molecule has 3 rings (SSSR count). The van der Waals surface area contributed by atoms with Crippen molar-refractivity contribution in [2.45, 2.75) is 45.6 Å². The van der Waals surface area contributed by atoms with Crippen LogP contribution in [0.25, 0.3) is 17.3 Å². The van der Waals surface area contributed by atoms with Gasteiger partial charge in [-0.25, -0.2) is 14.6 Å². The van der Waals surface area contributed by atoms with Crippen molar-refractivity contribution >= 4 is 29.4 Å². The Morgan fingerprint density at radius 2 is 2.03 bits per heavy atom. The van der Waals surface area contributed by atoms with E-state index in [9.17, 15) is 9.59 Å². The van der Waals surface area contributed by atoms with Crippen LogP contribution in [0.5, 0.6) is 0 Å². The van der Waals surface area contributed by atoms with E-state index in [-0.39, 0.29) is 6.09 Å². The minimum absolute atomic E-state index is 0.255. The van der Waals surface area contributed by atoms with Gasteiger partial charge in [-0.2, -0.15) is 4.98 Å². The number of oxazole rings is 1. The summed E-state index contributed by atoms with van der Waals surface area (Å²) in [5.41, 5.74) is 1.38. The average molecular weight is 401 g/mol. The van der Waals surface area contributed by atoms with E-state index < -0.39 is 11.6 Å². The number of pyridine rings is 1. The van der Waals surface area contributed by atoms with Gasteiger partial charge in [0.05, 0.1) is 7.11 Å². The molecule has 0 radical (unpaired) electrons. The van der Waals surface area contributed by atoms with Crippen molar-refractivity contribution in [1.82, 2.24) is 14.9 Å². The molecule has 0 unspecified atom stereocenters. The molecule has 2 aromatic rings. The molecule has 0 spiro atoms. The van der Waals surface area contributed by atoms with Crippen LogP contribution in [0.2, 0.25) is 0 Å². The molecule has 156 valence electrons. The Hall–Kier alpha value is -2.90. The molecule has 1 amide bonds. The number of likely N-dealkylation sites (tertiary alicyclic amines) is 1. The van der Waals surface area contributed by atoms with E-state index in [2.05, 4.69) is 14.7 Å². The highest BCUT2D eigenvalue weighted by molar-refractivity contribution is 5.87. The van der Waals surface area contributed by atoms with Crippen LogP contribution >= 0.6 is 0 Å². The first-order valence-electron chi connectivity index (χ1n) is 9.73. The fraction of sp³-hybridized carbons (Fsp3) is 0.524. The molecule has 1 aliphatic rings. The van der Waals surface area contributed by atoms with Crippen molar-refractivity contribution in [2.24, 2.45) is 5.92 Å². The van der Waals surface area contributed by atoms with Gasteiger partial charge < -0.3 is 18.8 Å². The van der Waals surface area contributed by atoms with Gasteiger partial charge in [0, 0.05) is 31.8 Å². The number of fused-ring (bicyclic) bond motifs is 1. The molecule has 8 heteroatoms. The molecule has 29 heavy (non-hydrogen) atoms. The first-order valence-corrected chi connectivity index (χ1v) is 9.73. The van der Waals surface area contributed by atoms with Gasteiger partial charge in [-0.15, -0.1) is 0 Å². The number of carbonyl (C=O) groups is 2. The predicted octanol–water partition coefficient (Wildman–Crippen LogP) is 3.60. The Kier molecular flexibility index (Phi) is 6.20. The van der Waals surface area contributed by atoms with Gasteiger partial charge in [-0.05, 0) is 57.2 Å². The van der Waals surface area contributed by atoms with Crippen LogP contribution in [0.4, 0.5) is 4.79 Å². The third kappa shape index (κ3) is 5.79. The van der Waals surface area contributed by atoms with Crippen molar-refractivity contribution in [3.05, 3.63) is 29.8 Å². The number of esters is 1. The summed E-state index contributed by atoms with van der Waals surface area (Å²) >= 11 is 0. The lowest BCUT2D eigenvalue weighted by atomic mass is 9.94. The summed E-state index contributed by atoms with van der Waals surface area (Å²) in [7, 11) is 1.33. The summed E-state index contributed by atoms with van der Waals surface area (Å²) in [6.45, 7) is 6.95. The summed E-state index contributed by atoms with van der Waals surface area (Å²) in [5.74, 6) is 0.596. The summed E-state index contributed by atoms with van der Waals surface area (Å²) in [6, 6.07) is 1.80. The molecule has 1 aliphatic heterocycles. The predicted molar refractivity (Wildman–Crippen MR) is 107 cm³/mol. The van der Waals surface area contributed by atoms with Gasteiger partial charge in [0.25, 0.3) is 0 Å². The summed E-state index contributed by atoms with van der Waals surface area (Å²) in [5, 5.41) is 0. The second-order valence-corrected chi connectivity index (χ2v) is 8.17. The maximum Gasteiger partial charge on any atom is 0.410 e. The van der Waals surface area contributed by atoms with Crippen molar-refractivity contribution in [1.29, 1.82) is 0 Å². The van der Waals surface area contributed by atoms with Crippen molar-refractivity contribution in [3.8, 4) is 0 Å². The van der Waals surface area contributed by atoms with Crippen LogP contribution in [0.15, 0.2) is 22.8 Å². The Morgan fingerprint density at radius 1 is 1.31 bits per heavy atom. The number of nitrogens with zero attached hydrogens (tertiary/aromatic N) is 3. The molecule has 1 fully saturated rings. The van der Waals surface area contributed by atoms with Crippen molar-refractivity contribution < 1.29 is 23.5 Å². The highest BCUT2D eigenvalue weighted by atomic mass is 16.6. The van der Waals surface area contributed by atoms with Crippen molar-refractivity contribution in [3.63, 3.8) is 0 Å². The molecular formula is C21H27N3O5. The van der Waals surface area contributed by atoms with E-state index in [1.165, 1.54) is 13.2 Å². The Balaban J connectivity index is 1.58. The second kappa shape index (κ2) is 8.63. The highest BCUT2D eigenvalue weighted by Gasteiger charge is 2.27. The number of aromatic nitrogens is 2. The molecule has 0 N–H and O–H groups in total. The van der Waals surface area contributed by atoms with Gasteiger partial charge >= 0.3 is 12.1 Å². The Morgan fingerprint density at radius 3 is 2.69 bits per heavy atom. The van der Waals surface area contributed by atoms with Crippen LogP contribution in [0, 0.1) is 5.92 Å². The minimum Gasteiger partial charge on any atom is -0.466 e. The molecule has 0 aliphatic carbocycles. The first kappa shape index (κ1) is 20.8. The molecule has 2 aromatic heterocycles. The molecule has 0 bridgehead atoms. The molecular weight excluding hydrogens is 374 g/mol. The number of ether oxygens (including phenoxy) is 2. The van der Waals surface area contributed by atoms with Crippen LogP contribution in [-0.4, -0.2) is 52.7 Å². The lowest BCUT2D eigenvalue weighted by Crippen LogP contribution is -2.42. The molecule has 8 nitrogen and oxygen atoms in total. The number of rotatable bonds is 4. The number of amides is 1. The van der Waals surface area contributed by atoms with E-state index in [1.807, 2.05) is 20.8 Å². The molecule has 0 saturated carbocycles. The van der Waals surface area contributed by atoms with E-state index >= 15 is 0 Å². The maximum atomic E-state index is 12.2. The van der Waals surface area contributed by atoms with Crippen LogP contribution in [-0.2, 0) is 20.7 Å². The summed E-state index contributed by atoms with van der Waals surface area (Å²) in [4.78, 5) is 33.9. The number of hydrogen-bond donors (Lipinski definition) is 0. The minimum atomic E-state index is -0.482. The zero-order valence-corrected chi connectivity index (χ0v) is 17.3. The molecule has 0 aromatic carbocycles. The fourth-order valence-electron chi connectivity index (χ4n) is 3.18. The summed E-state index contributed by atoms with van der Waals surface area (Å²) in [6.07, 6.45) is 6.77. The van der Waals surface area contributed by atoms with Gasteiger partial charge in [-0.3, -0.25) is 0 Å². The van der Waals surface area contributed by atoms with Gasteiger partial charge in [0.1, 0.15) is 5.60 Å². The molecule has 3 heterocycles. The van der Waals surface area contributed by atoms with E-state index in [1.54, 1.807) is 23.2 Å². The Bertz CT molecular complexity index is 905. The van der Waals surface area contributed by atoms with E-state index in [0.717, 1.165) is 18.4 Å². The quantitative estimate of drug-likeness (QED) is 0.570. The highest BCUT2D eigenvalue weighted by Crippen LogP contribution is 2.25. The van der Waals surface area contributed by atoms with Crippen LogP contribution < -0.4 is 0 Å². The smallest absolute Gasteiger partial charge is 0.410 e. The number of piperidine rings is 1. The zero-order chi connectivity index (χ0) is 21.0. The first-order chi connectivity index (χ1) is 13.7. The van der Waals surface area contributed by atoms with Crippen LogP contribution in [0.1, 0.15) is 45.1 Å². The maximum absolute atomic E-state index is 12.2. The summed E-state index contributed by atoms with van der Waals surface area (Å²) < 4.78 is 15.9. The zero-order valence-electron chi connectivity index (χ0n) is 17.3. The average Bonchev–Trinajstić information content (AvgIpc) is 3.06. The third-order valence-corrected chi connectivity index (χ3v) is 4.65. The molecule has 1 saturated heterocycles. The number of methoxy groups -OCH3 is 1. The topological polar surface area (TPSA) is 94.8 Å². The largest absolute Gasteiger partial charge is 0.466 e. The normalized spacial score (nSPS) is 15.8. The van der Waals surface area contributed by atoms with E-state index in [4.69, 9.17) is 9.15 Å². The van der Waals surface area contributed by atoms with Crippen molar-refractivity contribution in [2.75, 3.05) is 20.2 Å². The van der Waals surface area contributed by atoms with Gasteiger partial charge in [0.2, 0.25) is 0 Å². The fourth-order valence-corrected chi connectivity index (χ4v) is 3.18. The van der Waals surface area contributed by atoms with Gasteiger partial charge in [-0.1, -0.05) is 0 Å². The standard InChI is InChI=1S/C21H27N3O5/c1-21(2,3)29-20(26)24-9-7-14(8-10-24)12-17-23-19-16(28-17)11-15(13-22-19)5-6-18(25)27-4/h5-6,11,13-14H,7-10,12H2,1-4H3/b6-5+. The Labute approximate surface area is 169 Å². The lowest BCUT2D eigenvalue weighted by Gasteiger charge is -2.33. The lowest BCUT2D eigenvalue weighted by molar-refractivity contribution is -0.134. The third-order valence-electron chi connectivity index (χ3n) is 4.65. The number of hydrogen-bond acceptors (Lipinski definition) is 7. The van der Waals surface area contributed by atoms with Crippen LogP contribution in [0.3, 0.4) is 0 Å². The monoisotopic (exact) mass is 401 g/mol. The van der Waals surface area contributed by atoms with Gasteiger partial charge in [0.15, 0.2) is 17.1 Å². The number of carbonyl (C=O) groups excluding carboxylic acids is 2. The molecule has 0 atom stereocenters. The van der Waals surface area contributed by atoms with E-state index in [0.29, 0.717) is 42.5 Å². The SMILES string of the molecule is COC(=O)/C=C/c1cnc2nc(CC3CCN(C(=O)OC(C)(C)C)CC3)oc2c1. The second-order valence-electron chi connectivity index (χ2n) is 8.17.